The minimum atomic E-state index is 0.223. The van der Waals surface area contributed by atoms with Crippen molar-refractivity contribution in [2.24, 2.45) is 17.6 Å². The Morgan fingerprint density at radius 2 is 1.93 bits per heavy atom. The predicted octanol–water partition coefficient (Wildman–Crippen LogP) is 3.86. The minimum Gasteiger partial charge on any atom is -0.325 e. The molecule has 0 radical (unpaired) electrons. The predicted molar refractivity (Wildman–Crippen MR) is 65.7 cm³/mol. The third-order valence-electron chi connectivity index (χ3n) is 4.49. The molecule has 2 fully saturated rings. The van der Waals surface area contributed by atoms with Crippen molar-refractivity contribution in [3.05, 3.63) is 0 Å². The maximum Gasteiger partial charge on any atom is 0.0157 e. The van der Waals surface area contributed by atoms with Crippen molar-refractivity contribution in [2.75, 3.05) is 0 Å². The lowest BCUT2D eigenvalue weighted by Crippen LogP contribution is -2.44. The number of unbranched alkanes of at least 4 members (excludes halogenated alkanes) is 2. The van der Waals surface area contributed by atoms with E-state index in [-0.39, 0.29) is 5.54 Å². The van der Waals surface area contributed by atoms with Gasteiger partial charge in [-0.15, -0.1) is 0 Å². The Morgan fingerprint density at radius 1 is 1.13 bits per heavy atom. The van der Waals surface area contributed by atoms with E-state index >= 15 is 0 Å². The molecule has 1 heteroatoms. The first-order valence-corrected chi connectivity index (χ1v) is 7.02. The van der Waals surface area contributed by atoms with Crippen LogP contribution in [0.15, 0.2) is 0 Å². The molecule has 2 aliphatic carbocycles. The zero-order valence-electron chi connectivity index (χ0n) is 10.3. The largest absolute Gasteiger partial charge is 0.325 e. The van der Waals surface area contributed by atoms with Crippen molar-refractivity contribution < 1.29 is 0 Å². The second-order valence-electron chi connectivity index (χ2n) is 6.01. The van der Waals surface area contributed by atoms with E-state index in [0.717, 1.165) is 11.8 Å². The Morgan fingerprint density at radius 3 is 2.60 bits per heavy atom. The summed E-state index contributed by atoms with van der Waals surface area (Å²) in [6, 6.07) is 0. The summed E-state index contributed by atoms with van der Waals surface area (Å²) in [6.07, 6.45) is 13.8. The smallest absolute Gasteiger partial charge is 0.0157 e. The summed E-state index contributed by atoms with van der Waals surface area (Å²) >= 11 is 0. The molecule has 0 heterocycles. The van der Waals surface area contributed by atoms with Crippen LogP contribution in [0.25, 0.3) is 0 Å². The standard InChI is InChI=1S/C14H27N/c1-2-3-4-9-14(15)10-5-6-13(11-14)12-7-8-12/h12-13H,2-11,15H2,1H3. The van der Waals surface area contributed by atoms with Crippen molar-refractivity contribution in [3.8, 4) is 0 Å². The zero-order valence-corrected chi connectivity index (χ0v) is 10.3. The second-order valence-corrected chi connectivity index (χ2v) is 6.01. The van der Waals surface area contributed by atoms with Crippen molar-refractivity contribution in [1.82, 2.24) is 0 Å². The summed E-state index contributed by atoms with van der Waals surface area (Å²) in [5, 5.41) is 0. The Kier molecular flexibility index (Phi) is 3.71. The summed E-state index contributed by atoms with van der Waals surface area (Å²) < 4.78 is 0. The highest BCUT2D eigenvalue weighted by molar-refractivity contribution is 4.95. The van der Waals surface area contributed by atoms with Crippen LogP contribution in [0.4, 0.5) is 0 Å². The number of hydrogen-bond acceptors (Lipinski definition) is 1. The molecule has 88 valence electrons. The fraction of sp³-hybridized carbons (Fsp3) is 1.00. The van der Waals surface area contributed by atoms with Crippen molar-refractivity contribution in [3.63, 3.8) is 0 Å². The summed E-state index contributed by atoms with van der Waals surface area (Å²) in [5.74, 6) is 2.06. The Balaban J connectivity index is 1.78. The van der Waals surface area contributed by atoms with Crippen LogP contribution in [0.3, 0.4) is 0 Å². The fourth-order valence-electron chi connectivity index (χ4n) is 3.37. The first-order valence-electron chi connectivity index (χ1n) is 7.02. The van der Waals surface area contributed by atoms with Gasteiger partial charge < -0.3 is 5.73 Å². The van der Waals surface area contributed by atoms with E-state index in [1.807, 2.05) is 0 Å². The first-order chi connectivity index (χ1) is 7.23. The lowest BCUT2D eigenvalue weighted by atomic mass is 9.72. The third kappa shape index (κ3) is 3.21. The molecular weight excluding hydrogens is 182 g/mol. The van der Waals surface area contributed by atoms with Crippen molar-refractivity contribution in [1.29, 1.82) is 0 Å². The minimum absolute atomic E-state index is 0.223. The van der Waals surface area contributed by atoms with Gasteiger partial charge in [-0.05, 0) is 43.9 Å². The molecule has 0 amide bonds. The quantitative estimate of drug-likeness (QED) is 0.684. The van der Waals surface area contributed by atoms with Crippen LogP contribution in [-0.4, -0.2) is 5.54 Å². The van der Waals surface area contributed by atoms with Crippen LogP contribution in [0.5, 0.6) is 0 Å². The maximum absolute atomic E-state index is 6.56. The molecule has 2 atom stereocenters. The SMILES string of the molecule is CCCCCC1(N)CCCC(C2CC2)C1. The fourth-order valence-corrected chi connectivity index (χ4v) is 3.37. The Bertz CT molecular complexity index is 198. The van der Waals surface area contributed by atoms with Gasteiger partial charge in [0, 0.05) is 5.54 Å². The van der Waals surface area contributed by atoms with Gasteiger partial charge in [-0.3, -0.25) is 0 Å². The van der Waals surface area contributed by atoms with E-state index < -0.39 is 0 Å². The molecule has 0 saturated heterocycles. The molecule has 1 nitrogen and oxygen atoms in total. The topological polar surface area (TPSA) is 26.0 Å². The highest BCUT2D eigenvalue weighted by atomic mass is 14.7. The van der Waals surface area contributed by atoms with Crippen LogP contribution >= 0.6 is 0 Å². The second kappa shape index (κ2) is 4.86. The lowest BCUT2D eigenvalue weighted by Gasteiger charge is -2.38. The monoisotopic (exact) mass is 209 g/mol. The van der Waals surface area contributed by atoms with Crippen LogP contribution in [0, 0.1) is 11.8 Å². The first kappa shape index (κ1) is 11.4. The van der Waals surface area contributed by atoms with Gasteiger partial charge in [0.05, 0.1) is 0 Å². The summed E-state index contributed by atoms with van der Waals surface area (Å²) in [7, 11) is 0. The highest BCUT2D eigenvalue weighted by Gasteiger charge is 2.39. The molecule has 0 aliphatic heterocycles. The average molecular weight is 209 g/mol. The maximum atomic E-state index is 6.56. The van der Waals surface area contributed by atoms with Gasteiger partial charge in [-0.1, -0.05) is 39.0 Å². The van der Waals surface area contributed by atoms with Crippen LogP contribution in [0.2, 0.25) is 0 Å². The third-order valence-corrected chi connectivity index (χ3v) is 4.49. The number of hydrogen-bond donors (Lipinski definition) is 1. The molecule has 0 spiro atoms. The van der Waals surface area contributed by atoms with Gasteiger partial charge in [0.1, 0.15) is 0 Å². The molecule has 0 aromatic carbocycles. The van der Waals surface area contributed by atoms with Crippen molar-refractivity contribution >= 4 is 0 Å². The van der Waals surface area contributed by atoms with Gasteiger partial charge in [0.25, 0.3) is 0 Å². The Hall–Kier alpha value is -0.0400. The summed E-state index contributed by atoms with van der Waals surface area (Å²) in [4.78, 5) is 0. The molecule has 2 aliphatic rings. The average Bonchev–Trinajstić information content (AvgIpc) is 3.01. The molecular formula is C14H27N. The molecule has 0 aromatic rings. The molecule has 15 heavy (non-hydrogen) atoms. The molecule has 0 bridgehead atoms. The molecule has 2 rings (SSSR count). The van der Waals surface area contributed by atoms with E-state index in [1.54, 1.807) is 0 Å². The van der Waals surface area contributed by atoms with Crippen LogP contribution < -0.4 is 5.73 Å². The summed E-state index contributed by atoms with van der Waals surface area (Å²) in [6.45, 7) is 2.27. The highest BCUT2D eigenvalue weighted by Crippen LogP contribution is 2.46. The molecule has 2 N–H and O–H groups in total. The van der Waals surface area contributed by atoms with E-state index in [4.69, 9.17) is 5.73 Å². The van der Waals surface area contributed by atoms with E-state index in [0.29, 0.717) is 0 Å². The van der Waals surface area contributed by atoms with Crippen molar-refractivity contribution in [2.45, 2.75) is 76.7 Å². The van der Waals surface area contributed by atoms with Gasteiger partial charge in [-0.2, -0.15) is 0 Å². The van der Waals surface area contributed by atoms with E-state index in [9.17, 15) is 0 Å². The van der Waals surface area contributed by atoms with Crippen LogP contribution in [0.1, 0.15) is 71.1 Å². The van der Waals surface area contributed by atoms with Gasteiger partial charge in [0.15, 0.2) is 0 Å². The van der Waals surface area contributed by atoms with Gasteiger partial charge in [-0.25, -0.2) is 0 Å². The normalized spacial score (nSPS) is 36.8. The van der Waals surface area contributed by atoms with Crippen LogP contribution in [-0.2, 0) is 0 Å². The van der Waals surface area contributed by atoms with E-state index in [2.05, 4.69) is 6.92 Å². The van der Waals surface area contributed by atoms with Gasteiger partial charge >= 0.3 is 0 Å². The Labute approximate surface area is 94.8 Å². The lowest BCUT2D eigenvalue weighted by molar-refractivity contribution is 0.191. The van der Waals surface area contributed by atoms with Gasteiger partial charge in [0.2, 0.25) is 0 Å². The molecule has 0 aromatic heterocycles. The molecule has 2 unspecified atom stereocenters. The molecule has 2 saturated carbocycles. The van der Waals surface area contributed by atoms with E-state index in [1.165, 1.54) is 64.2 Å². The number of nitrogens with two attached hydrogens (primary N) is 1. The summed E-state index contributed by atoms with van der Waals surface area (Å²) in [5.41, 5.74) is 6.78. The number of rotatable bonds is 5. The zero-order chi connectivity index (χ0) is 10.7.